The first-order valence-electron chi connectivity index (χ1n) is 19.8. The second-order valence-corrected chi connectivity index (χ2v) is 19.4. The minimum absolute atomic E-state index is 0.0107. The summed E-state index contributed by atoms with van der Waals surface area (Å²) in [5.74, 6) is 0.561. The zero-order valence-corrected chi connectivity index (χ0v) is 34.3. The van der Waals surface area contributed by atoms with E-state index in [-0.39, 0.29) is 46.3 Å². The molecular weight excluding hydrogens is 705 g/mol. The number of hydrogen-bond donors (Lipinski definition) is 1. The van der Waals surface area contributed by atoms with Crippen LogP contribution in [0.25, 0.3) is 0 Å². The maximum atomic E-state index is 14.9. The smallest absolute Gasteiger partial charge is 0.315 e. The number of carbonyl (C=O) groups excluding carboxylic acids is 3. The van der Waals surface area contributed by atoms with Crippen LogP contribution in [0.4, 0.5) is 11.4 Å². The standard InChI is InChI=1S/C45H57Cl2NO5/c1-26-16-19-41(3)22-23-43(5)29(37(41)27(26)2)25-33(49)39-42(4)20-18-35(45(7,40(51)52-8)34(42)17-21-44(39,43)6)53-36(50)24-28-12-9-10-15-32(28)48-38-30(46)13-11-14-31(38)47/h9-15,25-27,34-35,37,39,48H,16-24H2,1-8H3/t26-,27+,34-,35-,37+,39-,41-,42+,43-,44-,45-/m1/s1. The van der Waals surface area contributed by atoms with E-state index in [0.717, 1.165) is 24.8 Å². The summed E-state index contributed by atoms with van der Waals surface area (Å²) in [4.78, 5) is 42.8. The lowest BCUT2D eigenvalue weighted by atomic mass is 9.33. The molecule has 53 heavy (non-hydrogen) atoms. The van der Waals surface area contributed by atoms with Crippen molar-refractivity contribution >= 4 is 52.3 Å². The quantitative estimate of drug-likeness (QED) is 0.295. The van der Waals surface area contributed by atoms with Gasteiger partial charge in [0.05, 0.1) is 29.3 Å². The van der Waals surface area contributed by atoms with Gasteiger partial charge < -0.3 is 14.8 Å². The number of rotatable bonds is 6. The zero-order chi connectivity index (χ0) is 38.3. The van der Waals surface area contributed by atoms with Crippen molar-refractivity contribution in [3.63, 3.8) is 0 Å². The van der Waals surface area contributed by atoms with Crippen LogP contribution in [0.15, 0.2) is 54.1 Å². The van der Waals surface area contributed by atoms with Crippen molar-refractivity contribution in [1.82, 2.24) is 0 Å². The molecule has 8 heteroatoms. The van der Waals surface area contributed by atoms with Gasteiger partial charge in [0.25, 0.3) is 0 Å². The maximum Gasteiger partial charge on any atom is 0.315 e. The van der Waals surface area contributed by atoms with Gasteiger partial charge in [-0.25, -0.2) is 0 Å². The van der Waals surface area contributed by atoms with Gasteiger partial charge in [0.2, 0.25) is 0 Å². The topological polar surface area (TPSA) is 81.7 Å². The van der Waals surface area contributed by atoms with Crippen LogP contribution in [0, 0.1) is 56.7 Å². The first kappa shape index (κ1) is 38.4. The monoisotopic (exact) mass is 761 g/mol. The highest BCUT2D eigenvalue weighted by Crippen LogP contribution is 2.75. The number of ketones is 1. The Morgan fingerprint density at radius 2 is 1.57 bits per heavy atom. The molecule has 0 bridgehead atoms. The first-order valence-corrected chi connectivity index (χ1v) is 20.5. The molecule has 2 aromatic carbocycles. The molecule has 2 aromatic rings. The number of allylic oxidation sites excluding steroid dienone is 2. The Morgan fingerprint density at radius 3 is 2.26 bits per heavy atom. The molecule has 0 unspecified atom stereocenters. The number of benzene rings is 2. The Hall–Kier alpha value is -2.83. The molecule has 0 radical (unpaired) electrons. The Labute approximate surface area is 326 Å². The molecule has 5 aliphatic carbocycles. The van der Waals surface area contributed by atoms with E-state index in [1.165, 1.54) is 31.9 Å². The lowest BCUT2D eigenvalue weighted by Gasteiger charge is -2.70. The van der Waals surface area contributed by atoms with Crippen LogP contribution in [0.1, 0.15) is 105 Å². The molecule has 0 heterocycles. The third kappa shape index (κ3) is 5.73. The third-order valence-electron chi connectivity index (χ3n) is 16.2. The number of hydrogen-bond acceptors (Lipinski definition) is 6. The molecule has 1 N–H and O–H groups in total. The van der Waals surface area contributed by atoms with E-state index in [4.69, 9.17) is 32.7 Å². The number of methoxy groups -OCH3 is 1. The summed E-state index contributed by atoms with van der Waals surface area (Å²) in [6, 6.07) is 12.8. The number of carbonyl (C=O) groups is 3. The predicted molar refractivity (Wildman–Crippen MR) is 211 cm³/mol. The van der Waals surface area contributed by atoms with Crippen molar-refractivity contribution in [3.8, 4) is 0 Å². The van der Waals surface area contributed by atoms with Crippen LogP contribution in [-0.4, -0.2) is 30.9 Å². The van der Waals surface area contributed by atoms with Crippen molar-refractivity contribution in [2.75, 3.05) is 12.4 Å². The highest BCUT2D eigenvalue weighted by Gasteiger charge is 2.72. The van der Waals surface area contributed by atoms with Crippen molar-refractivity contribution in [3.05, 3.63) is 69.7 Å². The van der Waals surface area contributed by atoms with E-state index >= 15 is 0 Å². The molecule has 0 aliphatic heterocycles. The van der Waals surface area contributed by atoms with Crippen LogP contribution in [0.2, 0.25) is 10.0 Å². The van der Waals surface area contributed by atoms with Crippen LogP contribution < -0.4 is 5.32 Å². The Balaban J connectivity index is 1.18. The van der Waals surface area contributed by atoms with E-state index < -0.39 is 22.9 Å². The fourth-order valence-electron chi connectivity index (χ4n) is 12.9. The summed E-state index contributed by atoms with van der Waals surface area (Å²) in [7, 11) is 1.42. The highest BCUT2D eigenvalue weighted by molar-refractivity contribution is 6.39. The average molecular weight is 763 g/mol. The minimum atomic E-state index is -1.12. The molecule has 4 saturated carbocycles. The molecule has 5 aliphatic rings. The van der Waals surface area contributed by atoms with Gasteiger partial charge in [-0.3, -0.25) is 14.4 Å². The molecule has 6 nitrogen and oxygen atoms in total. The van der Waals surface area contributed by atoms with E-state index in [1.54, 1.807) is 18.2 Å². The van der Waals surface area contributed by atoms with E-state index in [2.05, 4.69) is 52.9 Å². The van der Waals surface area contributed by atoms with Gasteiger partial charge >= 0.3 is 11.9 Å². The second kappa shape index (κ2) is 13.4. The molecule has 7 rings (SSSR count). The third-order valence-corrected chi connectivity index (χ3v) is 16.8. The van der Waals surface area contributed by atoms with Crippen molar-refractivity contribution in [2.24, 2.45) is 56.7 Å². The maximum absolute atomic E-state index is 14.9. The molecule has 0 amide bonds. The largest absolute Gasteiger partial charge is 0.468 e. The molecule has 286 valence electrons. The molecule has 11 atom stereocenters. The van der Waals surface area contributed by atoms with Crippen LogP contribution in [0.3, 0.4) is 0 Å². The van der Waals surface area contributed by atoms with E-state index in [1.807, 2.05) is 31.2 Å². The number of fused-ring (bicyclic) bond motifs is 7. The van der Waals surface area contributed by atoms with Crippen LogP contribution in [-0.2, 0) is 30.3 Å². The second-order valence-electron chi connectivity index (χ2n) is 18.6. The van der Waals surface area contributed by atoms with Gasteiger partial charge in [0, 0.05) is 11.6 Å². The van der Waals surface area contributed by atoms with Gasteiger partial charge in [-0.05, 0) is 133 Å². The van der Waals surface area contributed by atoms with Gasteiger partial charge in [-0.15, -0.1) is 0 Å². The number of nitrogens with one attached hydrogen (secondary N) is 1. The average Bonchev–Trinajstić information content (AvgIpc) is 3.11. The van der Waals surface area contributed by atoms with Gasteiger partial charge in [-0.2, -0.15) is 0 Å². The summed E-state index contributed by atoms with van der Waals surface area (Å²) in [6.45, 7) is 16.3. The number of halogens is 2. The van der Waals surface area contributed by atoms with Gasteiger partial charge in [0.15, 0.2) is 5.78 Å². The molecule has 0 saturated heterocycles. The summed E-state index contributed by atoms with van der Waals surface area (Å²) in [5, 5.41) is 4.24. The van der Waals surface area contributed by atoms with Crippen molar-refractivity contribution in [2.45, 2.75) is 112 Å². The SMILES string of the molecule is COC(=O)[C@]1(C)[C@@H]2CC[C@]3(C)[C@H](C(=O)C=C4[C@@H]5[C@@H](C)[C@H](C)CC[C@]5(C)CC[C@]43C)[C@@]2(C)CC[C@H]1OC(=O)Cc1ccccc1Nc1c(Cl)cccc1Cl. The molecule has 0 spiro atoms. The van der Waals surface area contributed by atoms with Gasteiger partial charge in [0.1, 0.15) is 11.5 Å². The molecule has 4 fully saturated rings. The normalized spacial score (nSPS) is 40.4. The highest BCUT2D eigenvalue weighted by atomic mass is 35.5. The number of ether oxygens (including phenoxy) is 2. The summed E-state index contributed by atoms with van der Waals surface area (Å²) in [5.41, 5.74) is 1.66. The molecule has 0 aromatic heterocycles. The number of anilines is 2. The summed E-state index contributed by atoms with van der Waals surface area (Å²) >= 11 is 12.9. The summed E-state index contributed by atoms with van der Waals surface area (Å²) < 4.78 is 11.9. The van der Waals surface area contributed by atoms with Crippen LogP contribution >= 0.6 is 23.2 Å². The summed E-state index contributed by atoms with van der Waals surface area (Å²) in [6.07, 6.45) is 8.90. The number of esters is 2. The minimum Gasteiger partial charge on any atom is -0.468 e. The van der Waals surface area contributed by atoms with Crippen molar-refractivity contribution < 1.29 is 23.9 Å². The zero-order valence-electron chi connectivity index (χ0n) is 32.7. The Bertz CT molecular complexity index is 1840. The van der Waals surface area contributed by atoms with E-state index in [9.17, 15) is 14.4 Å². The van der Waals surface area contributed by atoms with E-state index in [0.29, 0.717) is 52.0 Å². The lowest BCUT2D eigenvalue weighted by molar-refractivity contribution is -0.222. The van der Waals surface area contributed by atoms with Crippen LogP contribution in [0.5, 0.6) is 0 Å². The predicted octanol–water partition coefficient (Wildman–Crippen LogP) is 11.2. The molecular formula is C45H57Cl2NO5. The van der Waals surface area contributed by atoms with Gasteiger partial charge in [-0.1, -0.05) is 94.6 Å². The Kier molecular flexibility index (Phi) is 9.74. The lowest BCUT2D eigenvalue weighted by Crippen LogP contribution is -2.68. The number of para-hydroxylation sites is 2. The fraction of sp³-hybridized carbons (Fsp3) is 0.622. The fourth-order valence-corrected chi connectivity index (χ4v) is 13.4. The van der Waals surface area contributed by atoms with Crippen molar-refractivity contribution in [1.29, 1.82) is 0 Å². The first-order chi connectivity index (χ1) is 24.9. The Morgan fingerprint density at radius 1 is 0.868 bits per heavy atom.